The van der Waals surface area contributed by atoms with Gasteiger partial charge in [0.05, 0.1) is 11.7 Å². The summed E-state index contributed by atoms with van der Waals surface area (Å²) in [6.45, 7) is 2.07. The summed E-state index contributed by atoms with van der Waals surface area (Å²) in [7, 11) is 0. The van der Waals surface area contributed by atoms with Crippen LogP contribution in [-0.2, 0) is 0 Å². The predicted molar refractivity (Wildman–Crippen MR) is 60.3 cm³/mol. The molecule has 4 nitrogen and oxygen atoms in total. The topological polar surface area (TPSA) is 63.8 Å². The van der Waals surface area contributed by atoms with Crippen molar-refractivity contribution in [3.63, 3.8) is 0 Å². The second kappa shape index (κ2) is 4.48. The van der Waals surface area contributed by atoms with Crippen LogP contribution in [0.15, 0.2) is 30.0 Å². The smallest absolute Gasteiger partial charge is 0.115 e. The van der Waals surface area contributed by atoms with Gasteiger partial charge < -0.3 is 0 Å². The first-order chi connectivity index (χ1) is 7.33. The van der Waals surface area contributed by atoms with Gasteiger partial charge in [-0.05, 0) is 30.0 Å². The molecule has 2 rings (SSSR count). The van der Waals surface area contributed by atoms with Crippen LogP contribution >= 0.6 is 11.3 Å². The Balaban J connectivity index is 2.37. The molecule has 0 aliphatic heterocycles. The lowest BCUT2D eigenvalue weighted by Gasteiger charge is -2.14. The maximum absolute atomic E-state index is 5.56. The van der Waals surface area contributed by atoms with E-state index in [-0.39, 0.29) is 6.04 Å². The fourth-order valence-corrected chi connectivity index (χ4v) is 2.44. The molecule has 1 atom stereocenters. The molecule has 0 fully saturated rings. The zero-order valence-corrected chi connectivity index (χ0v) is 9.16. The van der Waals surface area contributed by atoms with E-state index < -0.39 is 0 Å². The summed E-state index contributed by atoms with van der Waals surface area (Å²) in [5.74, 6) is 5.56. The van der Waals surface area contributed by atoms with E-state index in [0.717, 1.165) is 5.69 Å². The molecule has 0 amide bonds. The summed E-state index contributed by atoms with van der Waals surface area (Å²) in [5, 5.41) is 2.05. The molecule has 0 saturated carbocycles. The van der Waals surface area contributed by atoms with Crippen LogP contribution in [0.4, 0.5) is 0 Å². The first-order valence-corrected chi connectivity index (χ1v) is 5.47. The van der Waals surface area contributed by atoms with Gasteiger partial charge in [0.25, 0.3) is 0 Å². The molecular formula is C10H12N4S. The van der Waals surface area contributed by atoms with Crippen LogP contribution in [0.3, 0.4) is 0 Å². The Bertz CT molecular complexity index is 426. The minimum atomic E-state index is -0.0481. The molecule has 0 radical (unpaired) electrons. The summed E-state index contributed by atoms with van der Waals surface area (Å²) in [6.07, 6.45) is 3.25. The minimum absolute atomic E-state index is 0.0481. The maximum Gasteiger partial charge on any atom is 0.115 e. The fraction of sp³-hybridized carbons (Fsp3) is 0.200. The highest BCUT2D eigenvalue weighted by Gasteiger charge is 2.16. The number of nitrogens with two attached hydrogens (primary N) is 1. The Kier molecular flexibility index (Phi) is 3.05. The van der Waals surface area contributed by atoms with Crippen molar-refractivity contribution in [1.29, 1.82) is 0 Å². The Morgan fingerprint density at radius 3 is 2.87 bits per heavy atom. The Morgan fingerprint density at radius 2 is 2.33 bits per heavy atom. The lowest BCUT2D eigenvalue weighted by Crippen LogP contribution is -2.29. The molecule has 0 bridgehead atoms. The third-order valence-corrected chi connectivity index (χ3v) is 3.31. The molecule has 0 aliphatic carbocycles. The number of thiophene rings is 1. The van der Waals surface area contributed by atoms with Gasteiger partial charge in [-0.15, -0.1) is 11.3 Å². The first kappa shape index (κ1) is 10.2. The maximum atomic E-state index is 5.56. The highest BCUT2D eigenvalue weighted by Crippen LogP contribution is 2.27. The standard InChI is InChI=1S/C10H12N4S/c1-7-3-5-15-10(7)9(14-11)8-2-4-12-6-13-8/h2-6,9,14H,11H2,1H3. The SMILES string of the molecule is Cc1ccsc1C(NN)c1ccncn1. The summed E-state index contributed by atoms with van der Waals surface area (Å²) < 4.78 is 0. The van der Waals surface area contributed by atoms with E-state index in [4.69, 9.17) is 5.84 Å². The zero-order valence-electron chi connectivity index (χ0n) is 8.34. The highest BCUT2D eigenvalue weighted by atomic mass is 32.1. The molecule has 0 spiro atoms. The van der Waals surface area contributed by atoms with E-state index in [1.54, 1.807) is 17.5 Å². The number of aromatic nitrogens is 2. The monoisotopic (exact) mass is 220 g/mol. The summed E-state index contributed by atoms with van der Waals surface area (Å²) in [5.41, 5.74) is 4.89. The van der Waals surface area contributed by atoms with Crippen molar-refractivity contribution in [1.82, 2.24) is 15.4 Å². The predicted octanol–water partition coefficient (Wildman–Crippen LogP) is 1.40. The van der Waals surface area contributed by atoms with Crippen molar-refractivity contribution in [2.45, 2.75) is 13.0 Å². The third kappa shape index (κ3) is 2.04. The average Bonchev–Trinajstić information content (AvgIpc) is 2.68. The van der Waals surface area contributed by atoms with Gasteiger partial charge in [0.15, 0.2) is 0 Å². The largest absolute Gasteiger partial charge is 0.270 e. The zero-order chi connectivity index (χ0) is 10.7. The summed E-state index contributed by atoms with van der Waals surface area (Å²) >= 11 is 1.67. The lowest BCUT2D eigenvalue weighted by atomic mass is 10.1. The highest BCUT2D eigenvalue weighted by molar-refractivity contribution is 7.10. The van der Waals surface area contributed by atoms with E-state index in [1.165, 1.54) is 16.8 Å². The number of hydrogen-bond acceptors (Lipinski definition) is 5. The molecule has 0 aliphatic rings. The molecule has 2 heterocycles. The number of hydrogen-bond donors (Lipinski definition) is 2. The van der Waals surface area contributed by atoms with Crippen LogP contribution in [0.25, 0.3) is 0 Å². The van der Waals surface area contributed by atoms with E-state index >= 15 is 0 Å². The molecule has 0 saturated heterocycles. The van der Waals surface area contributed by atoms with Crippen LogP contribution < -0.4 is 11.3 Å². The fourth-order valence-electron chi connectivity index (χ4n) is 1.45. The number of nitrogens with one attached hydrogen (secondary N) is 1. The van der Waals surface area contributed by atoms with Gasteiger partial charge >= 0.3 is 0 Å². The number of hydrazine groups is 1. The van der Waals surface area contributed by atoms with Crippen molar-refractivity contribution in [3.05, 3.63) is 46.2 Å². The van der Waals surface area contributed by atoms with Gasteiger partial charge in [0.1, 0.15) is 6.33 Å². The van der Waals surface area contributed by atoms with E-state index in [1.807, 2.05) is 6.07 Å². The van der Waals surface area contributed by atoms with Crippen LogP contribution in [0, 0.1) is 6.92 Å². The van der Waals surface area contributed by atoms with E-state index in [2.05, 4.69) is 33.8 Å². The Hall–Kier alpha value is -1.30. The summed E-state index contributed by atoms with van der Waals surface area (Å²) in [4.78, 5) is 9.28. The molecule has 5 heteroatoms. The normalized spacial score (nSPS) is 12.7. The van der Waals surface area contributed by atoms with Gasteiger partial charge in [0, 0.05) is 11.1 Å². The number of rotatable bonds is 3. The van der Waals surface area contributed by atoms with Crippen LogP contribution in [0.2, 0.25) is 0 Å². The first-order valence-electron chi connectivity index (χ1n) is 4.59. The van der Waals surface area contributed by atoms with Crippen molar-refractivity contribution >= 4 is 11.3 Å². The van der Waals surface area contributed by atoms with Gasteiger partial charge in [-0.2, -0.15) is 0 Å². The van der Waals surface area contributed by atoms with Crippen molar-refractivity contribution < 1.29 is 0 Å². The number of aryl methyl sites for hydroxylation is 1. The molecular weight excluding hydrogens is 208 g/mol. The van der Waals surface area contributed by atoms with Crippen LogP contribution in [-0.4, -0.2) is 9.97 Å². The van der Waals surface area contributed by atoms with E-state index in [9.17, 15) is 0 Å². The van der Waals surface area contributed by atoms with Crippen LogP contribution in [0.1, 0.15) is 22.2 Å². The molecule has 78 valence electrons. The second-order valence-electron chi connectivity index (χ2n) is 3.20. The van der Waals surface area contributed by atoms with Gasteiger partial charge in [-0.1, -0.05) is 0 Å². The molecule has 15 heavy (non-hydrogen) atoms. The minimum Gasteiger partial charge on any atom is -0.270 e. The summed E-state index contributed by atoms with van der Waals surface area (Å²) in [6, 6.07) is 3.89. The average molecular weight is 220 g/mol. The Labute approximate surface area is 92.2 Å². The van der Waals surface area contributed by atoms with Crippen molar-refractivity contribution in [2.75, 3.05) is 0 Å². The van der Waals surface area contributed by atoms with Crippen molar-refractivity contribution in [3.8, 4) is 0 Å². The van der Waals surface area contributed by atoms with Gasteiger partial charge in [0.2, 0.25) is 0 Å². The third-order valence-electron chi connectivity index (χ3n) is 2.23. The van der Waals surface area contributed by atoms with Crippen molar-refractivity contribution in [2.24, 2.45) is 5.84 Å². The molecule has 0 aromatic carbocycles. The quantitative estimate of drug-likeness (QED) is 0.606. The molecule has 2 aromatic heterocycles. The van der Waals surface area contributed by atoms with Gasteiger partial charge in [-0.25, -0.2) is 15.4 Å². The lowest BCUT2D eigenvalue weighted by molar-refractivity contribution is 0.625. The Morgan fingerprint density at radius 1 is 1.47 bits per heavy atom. The number of nitrogens with zero attached hydrogens (tertiary/aromatic N) is 2. The second-order valence-corrected chi connectivity index (χ2v) is 4.15. The van der Waals surface area contributed by atoms with Gasteiger partial charge in [-0.3, -0.25) is 5.84 Å². The van der Waals surface area contributed by atoms with E-state index in [0.29, 0.717) is 0 Å². The van der Waals surface area contributed by atoms with Crippen LogP contribution in [0.5, 0.6) is 0 Å². The molecule has 1 unspecified atom stereocenters. The molecule has 3 N–H and O–H groups in total. The molecule has 2 aromatic rings.